The van der Waals surface area contributed by atoms with Crippen LogP contribution >= 0.6 is 0 Å². The van der Waals surface area contributed by atoms with Gasteiger partial charge in [-0.05, 0) is 0 Å². The molecular weight excluding hydrogens is 236 g/mol. The molecule has 0 radical (unpaired) electrons. The lowest BCUT2D eigenvalue weighted by atomic mass is 10.1. The molecule has 0 aliphatic heterocycles. The Morgan fingerprint density at radius 2 is 2.33 bits per heavy atom. The van der Waals surface area contributed by atoms with Crippen molar-refractivity contribution in [2.75, 3.05) is 27.4 Å². The Morgan fingerprint density at radius 3 is 2.83 bits per heavy atom. The van der Waals surface area contributed by atoms with Gasteiger partial charge in [0.05, 0.1) is 18.9 Å². The number of aromatic nitrogens is 2. The van der Waals surface area contributed by atoms with Crippen LogP contribution in [0.1, 0.15) is 11.6 Å². The van der Waals surface area contributed by atoms with Crippen LogP contribution in [0.2, 0.25) is 0 Å². The molecule has 0 spiro atoms. The summed E-state index contributed by atoms with van der Waals surface area (Å²) in [6, 6.07) is -0.723. The zero-order valence-corrected chi connectivity index (χ0v) is 10.9. The average molecular weight is 256 g/mol. The summed E-state index contributed by atoms with van der Waals surface area (Å²) >= 11 is 0. The number of carbonyl (C=O) groups excluding carboxylic acids is 1. The van der Waals surface area contributed by atoms with Gasteiger partial charge in [0, 0.05) is 39.6 Å². The number of hydrogen-bond donors (Lipinski definition) is 2. The quantitative estimate of drug-likeness (QED) is 0.666. The van der Waals surface area contributed by atoms with Gasteiger partial charge < -0.3 is 20.5 Å². The van der Waals surface area contributed by atoms with Crippen LogP contribution in [0, 0.1) is 0 Å². The summed E-state index contributed by atoms with van der Waals surface area (Å²) in [7, 11) is 4.92. The third kappa shape index (κ3) is 4.10. The largest absolute Gasteiger partial charge is 0.382 e. The van der Waals surface area contributed by atoms with Gasteiger partial charge in [-0.25, -0.2) is 0 Å². The minimum atomic E-state index is -0.723. The molecule has 0 bridgehead atoms. The minimum absolute atomic E-state index is 0.181. The summed E-state index contributed by atoms with van der Waals surface area (Å²) in [5.74, 6) is -0.263. The summed E-state index contributed by atoms with van der Waals surface area (Å²) in [6.07, 6.45) is 3.11. The maximum atomic E-state index is 11.8. The molecule has 0 aromatic carbocycles. The van der Waals surface area contributed by atoms with E-state index in [0.29, 0.717) is 18.7 Å². The molecule has 0 fully saturated rings. The summed E-state index contributed by atoms with van der Waals surface area (Å²) in [4.78, 5) is 11.8. The molecule has 7 nitrogen and oxygen atoms in total. The number of nitrogens with zero attached hydrogens (tertiary/aromatic N) is 2. The second kappa shape index (κ2) is 7.10. The van der Waals surface area contributed by atoms with Crippen LogP contribution < -0.4 is 11.1 Å². The fourth-order valence-corrected chi connectivity index (χ4v) is 1.47. The molecule has 1 aromatic heterocycles. The van der Waals surface area contributed by atoms with Crippen LogP contribution in [0.3, 0.4) is 0 Å². The first-order valence-electron chi connectivity index (χ1n) is 5.62. The molecule has 0 saturated carbocycles. The van der Waals surface area contributed by atoms with Gasteiger partial charge in [-0.1, -0.05) is 0 Å². The smallest absolute Gasteiger partial charge is 0.241 e. The van der Waals surface area contributed by atoms with Crippen molar-refractivity contribution in [2.24, 2.45) is 12.8 Å². The molecule has 3 N–H and O–H groups in total. The van der Waals surface area contributed by atoms with Gasteiger partial charge in [-0.3, -0.25) is 9.48 Å². The Balaban J connectivity index is 2.45. The van der Waals surface area contributed by atoms with Crippen LogP contribution in [0.5, 0.6) is 0 Å². The lowest BCUT2D eigenvalue weighted by molar-refractivity contribution is -0.123. The van der Waals surface area contributed by atoms with Crippen molar-refractivity contribution >= 4 is 5.91 Å². The van der Waals surface area contributed by atoms with Crippen molar-refractivity contribution in [3.8, 4) is 0 Å². The summed E-state index contributed by atoms with van der Waals surface area (Å²) in [6.45, 7) is 0.774. The zero-order valence-electron chi connectivity index (χ0n) is 10.9. The molecule has 2 atom stereocenters. The molecule has 2 unspecified atom stereocenters. The van der Waals surface area contributed by atoms with Crippen LogP contribution in [0.25, 0.3) is 0 Å². The number of nitrogens with two attached hydrogens (primary N) is 1. The number of nitrogens with one attached hydrogen (secondary N) is 1. The Hall–Kier alpha value is -1.44. The number of hydrogen-bond acceptors (Lipinski definition) is 5. The normalized spacial score (nSPS) is 14.2. The molecule has 0 aliphatic carbocycles. The minimum Gasteiger partial charge on any atom is -0.382 e. The van der Waals surface area contributed by atoms with Gasteiger partial charge in [-0.2, -0.15) is 5.10 Å². The highest BCUT2D eigenvalue weighted by Gasteiger charge is 2.18. The maximum absolute atomic E-state index is 11.8. The first kappa shape index (κ1) is 14.6. The monoisotopic (exact) mass is 256 g/mol. The van der Waals surface area contributed by atoms with Crippen LogP contribution in [-0.4, -0.2) is 49.2 Å². The second-order valence-electron chi connectivity index (χ2n) is 3.98. The van der Waals surface area contributed by atoms with Gasteiger partial charge >= 0.3 is 0 Å². The van der Waals surface area contributed by atoms with Crippen molar-refractivity contribution in [1.29, 1.82) is 0 Å². The molecule has 18 heavy (non-hydrogen) atoms. The molecular formula is C11H20N4O3. The van der Waals surface area contributed by atoms with Gasteiger partial charge in [0.25, 0.3) is 0 Å². The first-order valence-corrected chi connectivity index (χ1v) is 5.62. The van der Waals surface area contributed by atoms with Crippen molar-refractivity contribution < 1.29 is 14.3 Å². The fraction of sp³-hybridized carbons (Fsp3) is 0.636. The number of ether oxygens (including phenoxy) is 2. The highest BCUT2D eigenvalue weighted by Crippen LogP contribution is 2.08. The Kier molecular flexibility index (Phi) is 5.76. The molecule has 1 aromatic rings. The van der Waals surface area contributed by atoms with Gasteiger partial charge in [0.1, 0.15) is 6.04 Å². The average Bonchev–Trinajstić information content (AvgIpc) is 2.79. The van der Waals surface area contributed by atoms with E-state index in [-0.39, 0.29) is 12.0 Å². The van der Waals surface area contributed by atoms with E-state index >= 15 is 0 Å². The van der Waals surface area contributed by atoms with E-state index in [2.05, 4.69) is 10.4 Å². The predicted octanol–water partition coefficient (Wildman–Crippen LogP) is -0.802. The number of rotatable bonds is 7. The maximum Gasteiger partial charge on any atom is 0.241 e. The molecule has 1 rings (SSSR count). The summed E-state index contributed by atoms with van der Waals surface area (Å²) < 4.78 is 11.7. The third-order valence-corrected chi connectivity index (χ3v) is 2.56. The van der Waals surface area contributed by atoms with Crippen molar-refractivity contribution in [3.05, 3.63) is 18.0 Å². The number of aryl methyl sites for hydroxylation is 1. The van der Waals surface area contributed by atoms with E-state index in [0.717, 1.165) is 0 Å². The van der Waals surface area contributed by atoms with Gasteiger partial charge in [-0.15, -0.1) is 0 Å². The lowest BCUT2D eigenvalue weighted by Gasteiger charge is -2.16. The zero-order chi connectivity index (χ0) is 13.5. The lowest BCUT2D eigenvalue weighted by Crippen LogP contribution is -2.40. The Labute approximate surface area is 106 Å². The second-order valence-corrected chi connectivity index (χ2v) is 3.98. The number of amides is 1. The fourth-order valence-electron chi connectivity index (χ4n) is 1.47. The standard InChI is InChI=1S/C11H20N4O3/c1-15-6-8(4-14-15)10(12)11(16)13-5-9(18-3)7-17-2/h4,6,9-10H,5,7,12H2,1-3H3,(H,13,16). The van der Waals surface area contributed by atoms with Crippen molar-refractivity contribution in [1.82, 2.24) is 15.1 Å². The topological polar surface area (TPSA) is 91.4 Å². The Bertz CT molecular complexity index is 380. The van der Waals surface area contributed by atoms with Gasteiger partial charge in [0.15, 0.2) is 0 Å². The first-order chi connectivity index (χ1) is 8.58. The summed E-state index contributed by atoms with van der Waals surface area (Å²) in [5.41, 5.74) is 6.49. The van der Waals surface area contributed by atoms with E-state index in [4.69, 9.17) is 15.2 Å². The molecule has 7 heteroatoms. The summed E-state index contributed by atoms with van der Waals surface area (Å²) in [5, 5.41) is 6.69. The van der Waals surface area contributed by atoms with Crippen molar-refractivity contribution in [3.63, 3.8) is 0 Å². The highest BCUT2D eigenvalue weighted by molar-refractivity contribution is 5.82. The Morgan fingerprint density at radius 1 is 1.61 bits per heavy atom. The number of methoxy groups -OCH3 is 2. The number of carbonyl (C=O) groups is 1. The van der Waals surface area contributed by atoms with E-state index in [9.17, 15) is 4.79 Å². The molecule has 0 aliphatic rings. The molecule has 0 saturated heterocycles. The van der Waals surface area contributed by atoms with Crippen LogP contribution in [-0.2, 0) is 21.3 Å². The predicted molar refractivity (Wildman–Crippen MR) is 65.8 cm³/mol. The molecule has 102 valence electrons. The van der Waals surface area contributed by atoms with E-state index in [1.807, 2.05) is 0 Å². The van der Waals surface area contributed by atoms with E-state index in [1.165, 1.54) is 0 Å². The van der Waals surface area contributed by atoms with Crippen LogP contribution in [0.4, 0.5) is 0 Å². The van der Waals surface area contributed by atoms with Gasteiger partial charge in [0.2, 0.25) is 5.91 Å². The highest BCUT2D eigenvalue weighted by atomic mass is 16.5. The third-order valence-electron chi connectivity index (χ3n) is 2.56. The van der Waals surface area contributed by atoms with E-state index < -0.39 is 6.04 Å². The molecule has 1 heterocycles. The molecule has 1 amide bonds. The van der Waals surface area contributed by atoms with Crippen molar-refractivity contribution in [2.45, 2.75) is 12.1 Å². The van der Waals surface area contributed by atoms with E-state index in [1.54, 1.807) is 38.3 Å². The van der Waals surface area contributed by atoms with Crippen LogP contribution in [0.15, 0.2) is 12.4 Å². The SMILES string of the molecule is COCC(CNC(=O)C(N)c1cnn(C)c1)OC.